The first-order valence-electron chi connectivity index (χ1n) is 9.23. The maximum atomic E-state index is 12.4. The summed E-state index contributed by atoms with van der Waals surface area (Å²) in [6.45, 7) is 0. The first kappa shape index (κ1) is 21.0. The lowest BCUT2D eigenvalue weighted by molar-refractivity contribution is -0.110. The van der Waals surface area contributed by atoms with Crippen LogP contribution in [0.2, 0.25) is 0 Å². The fourth-order valence-electron chi connectivity index (χ4n) is 2.64. The highest BCUT2D eigenvalue weighted by molar-refractivity contribution is 6.02. The molecule has 0 saturated carbocycles. The van der Waals surface area contributed by atoms with E-state index in [9.17, 15) is 4.79 Å². The average molecular weight is 373 g/mol. The topological polar surface area (TPSA) is 23.6 Å². The van der Waals surface area contributed by atoms with Gasteiger partial charge in [0.25, 0.3) is 0 Å². The van der Waals surface area contributed by atoms with E-state index in [2.05, 4.69) is 0 Å². The van der Waals surface area contributed by atoms with Crippen LogP contribution in [0.25, 0.3) is 11.1 Å². The minimum absolute atomic E-state index is 0.0545. The van der Waals surface area contributed by atoms with Crippen molar-refractivity contribution >= 4 is 16.9 Å². The number of carbonyl (C=O) groups excluding carboxylic acids is 1. The quantitative estimate of drug-likeness (QED) is 0.488. The van der Waals surface area contributed by atoms with Crippen LogP contribution >= 0.6 is 0 Å². The van der Waals surface area contributed by atoms with Gasteiger partial charge in [0.1, 0.15) is 0 Å². The predicted octanol–water partition coefficient (Wildman–Crippen LogP) is 4.87. The van der Waals surface area contributed by atoms with Crippen molar-refractivity contribution in [2.75, 3.05) is 28.2 Å². The number of hydrogen-bond donors (Lipinski definition) is 0. The van der Waals surface area contributed by atoms with E-state index in [-0.39, 0.29) is 5.78 Å². The summed E-state index contributed by atoms with van der Waals surface area (Å²) in [4.78, 5) is 16.4. The van der Waals surface area contributed by atoms with E-state index in [0.717, 1.165) is 22.3 Å². The molecule has 0 radical (unpaired) electrons. The summed E-state index contributed by atoms with van der Waals surface area (Å²) in [5, 5.41) is 0. The zero-order valence-electron chi connectivity index (χ0n) is 17.0. The molecule has 28 heavy (non-hydrogen) atoms. The van der Waals surface area contributed by atoms with Crippen LogP contribution in [-0.2, 0) is 4.79 Å². The molecule has 0 unspecified atom stereocenters. The largest absolute Gasteiger partial charge is 0.383 e. The molecule has 0 aliphatic rings. The van der Waals surface area contributed by atoms with Crippen LogP contribution in [0.4, 0.5) is 0 Å². The van der Waals surface area contributed by atoms with Crippen molar-refractivity contribution in [1.29, 1.82) is 0 Å². The molecule has 0 aromatic heterocycles. The Bertz CT molecular complexity index is 800. The molecule has 0 bridgehead atoms. The van der Waals surface area contributed by atoms with Gasteiger partial charge in [-0.3, -0.25) is 4.79 Å². The smallest absolute Gasteiger partial charge is 0.178 e. The highest BCUT2D eigenvalue weighted by Crippen LogP contribution is 2.17. The van der Waals surface area contributed by atoms with Crippen LogP contribution < -0.4 is 0 Å². The molecule has 0 amide bonds. The van der Waals surface area contributed by atoms with Gasteiger partial charge < -0.3 is 9.80 Å². The van der Waals surface area contributed by atoms with Gasteiger partial charge in [0.05, 0.1) is 0 Å². The van der Waals surface area contributed by atoms with Gasteiger partial charge in [0, 0.05) is 40.6 Å². The standard InChI is InChI=1S/C25H28N2O/c1-26(2)19-23(21-11-7-5-8-12-21)15-17-25(28)18-16-24(20-27(3)4)22-13-9-6-10-14-22/h5-20H,1-4H3/b17-15+,18-16+,23-19-,24-20+. The summed E-state index contributed by atoms with van der Waals surface area (Å²) >= 11 is 0. The van der Waals surface area contributed by atoms with Gasteiger partial charge in [-0.15, -0.1) is 0 Å². The SMILES string of the molecule is CN(C)/C=C(/C=C/C(=O)/C=C/C(=C\N(C)C)c1ccccc1)c1ccccc1. The second-order valence-corrected chi connectivity index (χ2v) is 6.90. The predicted molar refractivity (Wildman–Crippen MR) is 119 cm³/mol. The van der Waals surface area contributed by atoms with Crippen LogP contribution in [0.5, 0.6) is 0 Å². The third-order valence-corrected chi connectivity index (χ3v) is 3.86. The van der Waals surface area contributed by atoms with E-state index in [0.29, 0.717) is 0 Å². The Labute approximate surface area is 168 Å². The molecule has 2 aromatic carbocycles. The lowest BCUT2D eigenvalue weighted by atomic mass is 10.0. The zero-order chi connectivity index (χ0) is 20.4. The summed E-state index contributed by atoms with van der Waals surface area (Å²) in [5.41, 5.74) is 4.11. The van der Waals surface area contributed by atoms with Crippen molar-refractivity contribution in [1.82, 2.24) is 9.80 Å². The van der Waals surface area contributed by atoms with Crippen molar-refractivity contribution in [2.45, 2.75) is 0 Å². The van der Waals surface area contributed by atoms with Crippen LogP contribution in [0.3, 0.4) is 0 Å². The molecule has 0 atom stereocenters. The molecule has 0 fully saturated rings. The second kappa shape index (κ2) is 10.7. The summed E-state index contributed by atoms with van der Waals surface area (Å²) in [7, 11) is 7.88. The summed E-state index contributed by atoms with van der Waals surface area (Å²) in [6, 6.07) is 20.1. The molecular weight excluding hydrogens is 344 g/mol. The Balaban J connectivity index is 2.20. The van der Waals surface area contributed by atoms with E-state index in [1.54, 1.807) is 12.2 Å². The van der Waals surface area contributed by atoms with Gasteiger partial charge in [0.2, 0.25) is 0 Å². The number of nitrogens with zero attached hydrogens (tertiary/aromatic N) is 2. The van der Waals surface area contributed by atoms with Crippen molar-refractivity contribution in [3.63, 3.8) is 0 Å². The Morgan fingerprint density at radius 1 is 0.607 bits per heavy atom. The number of allylic oxidation sites excluding steroid dienone is 6. The first-order valence-corrected chi connectivity index (χ1v) is 9.23. The lowest BCUT2D eigenvalue weighted by Gasteiger charge is -2.09. The van der Waals surface area contributed by atoms with Crippen LogP contribution in [0, 0.1) is 0 Å². The Morgan fingerprint density at radius 3 is 1.29 bits per heavy atom. The van der Waals surface area contributed by atoms with Crippen LogP contribution in [0.1, 0.15) is 11.1 Å². The van der Waals surface area contributed by atoms with Crippen molar-refractivity contribution < 1.29 is 4.79 Å². The van der Waals surface area contributed by atoms with Gasteiger partial charge in [-0.2, -0.15) is 0 Å². The van der Waals surface area contributed by atoms with E-state index in [4.69, 9.17) is 0 Å². The minimum Gasteiger partial charge on any atom is -0.383 e. The molecule has 3 nitrogen and oxygen atoms in total. The molecule has 0 N–H and O–H groups in total. The Kier molecular flexibility index (Phi) is 8.04. The van der Waals surface area contributed by atoms with Crippen LogP contribution in [-0.4, -0.2) is 43.8 Å². The molecule has 144 valence electrons. The fourth-order valence-corrected chi connectivity index (χ4v) is 2.64. The van der Waals surface area contributed by atoms with E-state index < -0.39 is 0 Å². The van der Waals surface area contributed by atoms with E-state index >= 15 is 0 Å². The number of rotatable bonds is 8. The second-order valence-electron chi connectivity index (χ2n) is 6.90. The number of benzene rings is 2. The molecule has 2 rings (SSSR count). The molecule has 0 saturated heterocycles. The Hall–Kier alpha value is -3.33. The van der Waals surface area contributed by atoms with Gasteiger partial charge >= 0.3 is 0 Å². The summed E-state index contributed by atoms with van der Waals surface area (Å²) < 4.78 is 0. The van der Waals surface area contributed by atoms with Crippen molar-refractivity contribution in [3.8, 4) is 0 Å². The monoisotopic (exact) mass is 372 g/mol. The van der Waals surface area contributed by atoms with Crippen molar-refractivity contribution in [2.24, 2.45) is 0 Å². The molecule has 3 heteroatoms. The highest BCUT2D eigenvalue weighted by atomic mass is 16.1. The Morgan fingerprint density at radius 2 is 0.964 bits per heavy atom. The maximum absolute atomic E-state index is 12.4. The normalized spacial score (nSPS) is 12.6. The highest BCUT2D eigenvalue weighted by Gasteiger charge is 2.01. The third-order valence-electron chi connectivity index (χ3n) is 3.86. The van der Waals surface area contributed by atoms with Gasteiger partial charge in [-0.05, 0) is 46.6 Å². The van der Waals surface area contributed by atoms with E-state index in [1.165, 1.54) is 0 Å². The lowest BCUT2D eigenvalue weighted by Crippen LogP contribution is -2.02. The maximum Gasteiger partial charge on any atom is 0.178 e. The fraction of sp³-hybridized carbons (Fsp3) is 0.160. The molecular formula is C25H28N2O. The molecule has 0 spiro atoms. The molecule has 2 aromatic rings. The van der Waals surface area contributed by atoms with Crippen LogP contribution in [0.15, 0.2) is 97.4 Å². The molecule has 0 aliphatic heterocycles. The minimum atomic E-state index is -0.0545. The number of ketones is 1. The third kappa shape index (κ3) is 7.12. The zero-order valence-corrected chi connectivity index (χ0v) is 17.0. The van der Waals surface area contributed by atoms with Crippen molar-refractivity contribution in [3.05, 3.63) is 108 Å². The molecule has 0 aliphatic carbocycles. The van der Waals surface area contributed by atoms with E-state index in [1.807, 2.05) is 123 Å². The number of carbonyl (C=O) groups is 1. The summed E-state index contributed by atoms with van der Waals surface area (Å²) in [5.74, 6) is -0.0545. The first-order chi connectivity index (χ1) is 13.5. The van der Waals surface area contributed by atoms with Gasteiger partial charge in [-0.25, -0.2) is 0 Å². The number of hydrogen-bond acceptors (Lipinski definition) is 3. The van der Waals surface area contributed by atoms with Gasteiger partial charge in [-0.1, -0.05) is 60.7 Å². The average Bonchev–Trinajstić information content (AvgIpc) is 2.69. The summed E-state index contributed by atoms with van der Waals surface area (Å²) in [6.07, 6.45) is 10.9. The molecule has 0 heterocycles. The van der Waals surface area contributed by atoms with Gasteiger partial charge in [0.15, 0.2) is 5.78 Å².